The van der Waals surface area contributed by atoms with Crippen LogP contribution in [0.3, 0.4) is 0 Å². The first-order valence-corrected chi connectivity index (χ1v) is 5.53. The fourth-order valence-corrected chi connectivity index (χ4v) is 1.51. The van der Waals surface area contributed by atoms with Crippen LogP contribution < -0.4 is 5.32 Å². The number of benzene rings is 1. The van der Waals surface area contributed by atoms with Gasteiger partial charge in [-0.25, -0.2) is 0 Å². The molecule has 82 valence electrons. The van der Waals surface area contributed by atoms with E-state index >= 15 is 0 Å². The molecule has 0 spiro atoms. The molecule has 1 N–H and O–H groups in total. The van der Waals surface area contributed by atoms with Crippen LogP contribution in [0.25, 0.3) is 0 Å². The fraction of sp³-hybridized carbons (Fsp3) is 0.462. The molecular formula is C13H19NO. The van der Waals surface area contributed by atoms with Gasteiger partial charge in [0.15, 0.2) is 0 Å². The molecule has 1 saturated heterocycles. The molecule has 1 aliphatic rings. The third-order valence-corrected chi connectivity index (χ3v) is 2.25. The maximum atomic E-state index is 10.6. The molecule has 0 saturated carbocycles. The Kier molecular flexibility index (Phi) is 5.71. The van der Waals surface area contributed by atoms with Gasteiger partial charge in [0.1, 0.15) is 5.78 Å². The zero-order chi connectivity index (χ0) is 10.9. The van der Waals surface area contributed by atoms with E-state index in [9.17, 15) is 4.79 Å². The van der Waals surface area contributed by atoms with Crippen LogP contribution in [0.5, 0.6) is 0 Å². The lowest BCUT2D eigenvalue weighted by atomic mass is 10.1. The second-order valence-electron chi connectivity index (χ2n) is 3.82. The predicted octanol–water partition coefficient (Wildman–Crippen LogP) is 2.19. The van der Waals surface area contributed by atoms with Crippen molar-refractivity contribution in [2.24, 2.45) is 0 Å². The van der Waals surface area contributed by atoms with Crippen molar-refractivity contribution in [2.75, 3.05) is 13.1 Å². The lowest BCUT2D eigenvalue weighted by Gasteiger charge is -1.93. The van der Waals surface area contributed by atoms with E-state index in [-0.39, 0.29) is 5.78 Å². The van der Waals surface area contributed by atoms with Crippen molar-refractivity contribution < 1.29 is 4.79 Å². The average Bonchev–Trinajstić information content (AvgIpc) is 2.76. The van der Waals surface area contributed by atoms with Gasteiger partial charge < -0.3 is 5.32 Å². The summed E-state index contributed by atoms with van der Waals surface area (Å²) in [5.41, 5.74) is 1.09. The number of ketones is 1. The van der Waals surface area contributed by atoms with Crippen LogP contribution in [0, 0.1) is 0 Å². The minimum absolute atomic E-state index is 0.214. The van der Waals surface area contributed by atoms with E-state index in [4.69, 9.17) is 0 Å². The first kappa shape index (κ1) is 11.9. The molecule has 0 amide bonds. The van der Waals surface area contributed by atoms with Gasteiger partial charge in [-0.1, -0.05) is 30.3 Å². The van der Waals surface area contributed by atoms with E-state index in [0.717, 1.165) is 5.56 Å². The maximum absolute atomic E-state index is 10.6. The molecule has 0 aliphatic carbocycles. The van der Waals surface area contributed by atoms with Crippen molar-refractivity contribution in [2.45, 2.75) is 26.2 Å². The molecule has 0 unspecified atom stereocenters. The van der Waals surface area contributed by atoms with E-state index in [2.05, 4.69) is 5.32 Å². The molecular weight excluding hydrogens is 186 g/mol. The Bertz CT molecular complexity index is 270. The monoisotopic (exact) mass is 205 g/mol. The number of Topliss-reactive ketones (excluding diaryl/α,β-unsaturated/α-hetero) is 1. The lowest BCUT2D eigenvalue weighted by Crippen LogP contribution is -2.03. The highest BCUT2D eigenvalue weighted by molar-refractivity contribution is 5.78. The van der Waals surface area contributed by atoms with Crippen LogP contribution in [-0.2, 0) is 11.2 Å². The maximum Gasteiger partial charge on any atom is 0.134 e. The highest BCUT2D eigenvalue weighted by atomic mass is 16.1. The SMILES string of the molecule is C1CCNC1.CC(=O)Cc1ccccc1. The van der Waals surface area contributed by atoms with Crippen LogP contribution in [0.1, 0.15) is 25.3 Å². The summed E-state index contributed by atoms with van der Waals surface area (Å²) in [6.45, 7) is 4.10. The summed E-state index contributed by atoms with van der Waals surface area (Å²) < 4.78 is 0. The molecule has 0 bridgehead atoms. The minimum atomic E-state index is 0.214. The van der Waals surface area contributed by atoms with Crippen molar-refractivity contribution in [1.29, 1.82) is 0 Å². The predicted molar refractivity (Wildman–Crippen MR) is 62.9 cm³/mol. The van der Waals surface area contributed by atoms with E-state index < -0.39 is 0 Å². The second kappa shape index (κ2) is 7.18. The summed E-state index contributed by atoms with van der Waals surface area (Å²) in [6.07, 6.45) is 3.33. The number of nitrogens with one attached hydrogen (secondary N) is 1. The summed E-state index contributed by atoms with van der Waals surface area (Å²) >= 11 is 0. The van der Waals surface area contributed by atoms with Crippen molar-refractivity contribution in [3.05, 3.63) is 35.9 Å². The van der Waals surface area contributed by atoms with Crippen molar-refractivity contribution >= 4 is 5.78 Å². The highest BCUT2D eigenvalue weighted by Gasteiger charge is 1.93. The number of carbonyl (C=O) groups excluding carboxylic acids is 1. The Balaban J connectivity index is 0.000000187. The Labute approximate surface area is 91.7 Å². The summed E-state index contributed by atoms with van der Waals surface area (Å²) in [7, 11) is 0. The Morgan fingerprint density at radius 3 is 2.20 bits per heavy atom. The molecule has 0 atom stereocenters. The van der Waals surface area contributed by atoms with Crippen molar-refractivity contribution in [3.8, 4) is 0 Å². The molecule has 1 fully saturated rings. The van der Waals surface area contributed by atoms with Gasteiger partial charge in [0.2, 0.25) is 0 Å². The second-order valence-corrected chi connectivity index (χ2v) is 3.82. The summed E-state index contributed by atoms with van der Waals surface area (Å²) in [5, 5.41) is 3.22. The van der Waals surface area contributed by atoms with E-state index in [1.807, 2.05) is 30.3 Å². The molecule has 1 aromatic rings. The third kappa shape index (κ3) is 6.02. The van der Waals surface area contributed by atoms with E-state index in [1.165, 1.54) is 25.9 Å². The van der Waals surface area contributed by atoms with Crippen molar-refractivity contribution in [1.82, 2.24) is 5.32 Å². The molecule has 1 aromatic carbocycles. The minimum Gasteiger partial charge on any atom is -0.317 e. The number of hydrogen-bond donors (Lipinski definition) is 1. The molecule has 0 aromatic heterocycles. The highest BCUT2D eigenvalue weighted by Crippen LogP contribution is 1.98. The van der Waals surface area contributed by atoms with Crippen LogP contribution in [-0.4, -0.2) is 18.9 Å². The van der Waals surface area contributed by atoms with Gasteiger partial charge >= 0.3 is 0 Å². The molecule has 1 heterocycles. The van der Waals surface area contributed by atoms with Crippen LogP contribution >= 0.6 is 0 Å². The molecule has 2 heteroatoms. The number of carbonyl (C=O) groups is 1. The Hall–Kier alpha value is -1.15. The van der Waals surface area contributed by atoms with Gasteiger partial charge in [-0.3, -0.25) is 4.79 Å². The number of rotatable bonds is 2. The van der Waals surface area contributed by atoms with Crippen LogP contribution in [0.2, 0.25) is 0 Å². The standard InChI is InChI=1S/C9H10O.C4H9N/c1-8(10)7-9-5-3-2-4-6-9;1-2-4-5-3-1/h2-6H,7H2,1H3;5H,1-4H2. The fourth-order valence-electron chi connectivity index (χ4n) is 1.51. The third-order valence-electron chi connectivity index (χ3n) is 2.25. The zero-order valence-corrected chi connectivity index (χ0v) is 9.33. The summed E-state index contributed by atoms with van der Waals surface area (Å²) in [4.78, 5) is 10.6. The van der Waals surface area contributed by atoms with Gasteiger partial charge in [-0.2, -0.15) is 0 Å². The smallest absolute Gasteiger partial charge is 0.134 e. The molecule has 0 radical (unpaired) electrons. The summed E-state index contributed by atoms with van der Waals surface area (Å²) in [5.74, 6) is 0.214. The van der Waals surface area contributed by atoms with Gasteiger partial charge in [-0.15, -0.1) is 0 Å². The van der Waals surface area contributed by atoms with Gasteiger partial charge in [0, 0.05) is 6.42 Å². The molecule has 2 nitrogen and oxygen atoms in total. The van der Waals surface area contributed by atoms with E-state index in [1.54, 1.807) is 6.92 Å². The average molecular weight is 205 g/mol. The first-order valence-electron chi connectivity index (χ1n) is 5.53. The molecule has 1 aliphatic heterocycles. The van der Waals surface area contributed by atoms with Gasteiger partial charge in [0.05, 0.1) is 0 Å². The normalized spacial score (nSPS) is 14.2. The molecule has 2 rings (SSSR count). The van der Waals surface area contributed by atoms with Crippen molar-refractivity contribution in [3.63, 3.8) is 0 Å². The zero-order valence-electron chi connectivity index (χ0n) is 9.33. The lowest BCUT2D eigenvalue weighted by molar-refractivity contribution is -0.116. The Morgan fingerprint density at radius 1 is 1.20 bits per heavy atom. The van der Waals surface area contributed by atoms with Gasteiger partial charge in [-0.05, 0) is 38.4 Å². The molecule has 15 heavy (non-hydrogen) atoms. The number of hydrogen-bond acceptors (Lipinski definition) is 2. The quantitative estimate of drug-likeness (QED) is 0.802. The van der Waals surface area contributed by atoms with E-state index in [0.29, 0.717) is 6.42 Å². The topological polar surface area (TPSA) is 29.1 Å². The summed E-state index contributed by atoms with van der Waals surface area (Å²) in [6, 6.07) is 9.75. The van der Waals surface area contributed by atoms with Crippen LogP contribution in [0.15, 0.2) is 30.3 Å². The van der Waals surface area contributed by atoms with Gasteiger partial charge in [0.25, 0.3) is 0 Å². The first-order chi connectivity index (χ1) is 7.29. The Morgan fingerprint density at radius 2 is 1.80 bits per heavy atom. The largest absolute Gasteiger partial charge is 0.317 e. The van der Waals surface area contributed by atoms with Crippen LogP contribution in [0.4, 0.5) is 0 Å².